The van der Waals surface area contributed by atoms with Crippen LogP contribution in [0.5, 0.6) is 0 Å². The molecule has 1 heterocycles. The van der Waals surface area contributed by atoms with Crippen molar-refractivity contribution in [3.63, 3.8) is 0 Å². The molecular formula is C22H27FN4O2. The van der Waals surface area contributed by atoms with Gasteiger partial charge < -0.3 is 20.4 Å². The SMILES string of the molecule is CC(NC(=O)N1CCN(c2ccccc2)CC1)C(=O)NCCc1cccc(F)c1. The first-order valence-corrected chi connectivity index (χ1v) is 9.90. The van der Waals surface area contributed by atoms with Crippen LogP contribution >= 0.6 is 0 Å². The molecule has 29 heavy (non-hydrogen) atoms. The minimum atomic E-state index is -0.637. The predicted molar refractivity (Wildman–Crippen MR) is 111 cm³/mol. The van der Waals surface area contributed by atoms with Gasteiger partial charge in [0.05, 0.1) is 0 Å². The lowest BCUT2D eigenvalue weighted by Crippen LogP contribution is -2.55. The molecule has 0 aromatic heterocycles. The minimum Gasteiger partial charge on any atom is -0.368 e. The monoisotopic (exact) mass is 398 g/mol. The Labute approximate surface area is 170 Å². The largest absolute Gasteiger partial charge is 0.368 e. The number of piperazine rings is 1. The van der Waals surface area contributed by atoms with E-state index in [9.17, 15) is 14.0 Å². The smallest absolute Gasteiger partial charge is 0.318 e. The van der Waals surface area contributed by atoms with Crippen LogP contribution in [0.25, 0.3) is 0 Å². The summed E-state index contributed by atoms with van der Waals surface area (Å²) in [4.78, 5) is 28.7. The second-order valence-corrected chi connectivity index (χ2v) is 7.15. The molecular weight excluding hydrogens is 371 g/mol. The molecule has 6 nitrogen and oxygen atoms in total. The molecule has 1 saturated heterocycles. The van der Waals surface area contributed by atoms with E-state index < -0.39 is 6.04 Å². The van der Waals surface area contributed by atoms with E-state index in [2.05, 4.69) is 27.7 Å². The molecule has 7 heteroatoms. The third kappa shape index (κ3) is 5.94. The van der Waals surface area contributed by atoms with Crippen molar-refractivity contribution in [3.8, 4) is 0 Å². The van der Waals surface area contributed by atoms with Crippen molar-refractivity contribution in [2.75, 3.05) is 37.6 Å². The fourth-order valence-corrected chi connectivity index (χ4v) is 3.32. The second kappa shape index (κ2) is 9.91. The summed E-state index contributed by atoms with van der Waals surface area (Å²) in [5.41, 5.74) is 1.97. The van der Waals surface area contributed by atoms with Crippen molar-refractivity contribution in [1.29, 1.82) is 0 Å². The van der Waals surface area contributed by atoms with Crippen molar-refractivity contribution in [1.82, 2.24) is 15.5 Å². The quantitative estimate of drug-likeness (QED) is 0.786. The van der Waals surface area contributed by atoms with Crippen LogP contribution in [0.1, 0.15) is 12.5 Å². The van der Waals surface area contributed by atoms with Gasteiger partial charge in [-0.25, -0.2) is 9.18 Å². The fraction of sp³-hybridized carbons (Fsp3) is 0.364. The van der Waals surface area contributed by atoms with Crippen LogP contribution in [0.3, 0.4) is 0 Å². The van der Waals surface area contributed by atoms with Crippen LogP contribution < -0.4 is 15.5 Å². The van der Waals surface area contributed by atoms with Gasteiger partial charge in [-0.15, -0.1) is 0 Å². The number of carbonyl (C=O) groups is 2. The van der Waals surface area contributed by atoms with Crippen LogP contribution in [-0.4, -0.2) is 55.6 Å². The van der Waals surface area contributed by atoms with Gasteiger partial charge in [0.1, 0.15) is 11.9 Å². The van der Waals surface area contributed by atoms with E-state index in [0.717, 1.165) is 24.3 Å². The first-order valence-electron chi connectivity index (χ1n) is 9.90. The number of hydrogen-bond donors (Lipinski definition) is 2. The van der Waals surface area contributed by atoms with Gasteiger partial charge in [-0.05, 0) is 43.2 Å². The number of carbonyl (C=O) groups excluding carboxylic acids is 2. The van der Waals surface area contributed by atoms with Crippen molar-refractivity contribution in [2.45, 2.75) is 19.4 Å². The summed E-state index contributed by atoms with van der Waals surface area (Å²) < 4.78 is 13.2. The van der Waals surface area contributed by atoms with Crippen molar-refractivity contribution < 1.29 is 14.0 Å². The molecule has 2 N–H and O–H groups in total. The zero-order valence-corrected chi connectivity index (χ0v) is 16.6. The summed E-state index contributed by atoms with van der Waals surface area (Å²) in [5, 5.41) is 5.54. The molecule has 0 aliphatic carbocycles. The molecule has 154 valence electrons. The Hall–Kier alpha value is -3.09. The molecule has 1 aliphatic rings. The highest BCUT2D eigenvalue weighted by Crippen LogP contribution is 2.15. The Morgan fingerprint density at radius 3 is 2.45 bits per heavy atom. The van der Waals surface area contributed by atoms with Gasteiger partial charge in [-0.3, -0.25) is 4.79 Å². The van der Waals surface area contributed by atoms with Gasteiger partial charge in [-0.1, -0.05) is 30.3 Å². The highest BCUT2D eigenvalue weighted by atomic mass is 19.1. The summed E-state index contributed by atoms with van der Waals surface area (Å²) in [7, 11) is 0. The number of rotatable bonds is 6. The standard InChI is InChI=1S/C22H27FN4O2/c1-17(21(28)24-11-10-18-6-5-7-19(23)16-18)25-22(29)27-14-12-26(13-15-27)20-8-3-2-4-9-20/h2-9,16-17H,10-15H2,1H3,(H,24,28)(H,25,29). The third-order valence-corrected chi connectivity index (χ3v) is 5.02. The Kier molecular flexibility index (Phi) is 7.05. The first-order chi connectivity index (χ1) is 14.0. The van der Waals surface area contributed by atoms with E-state index in [1.165, 1.54) is 12.1 Å². The van der Waals surface area contributed by atoms with Crippen LogP contribution in [0.15, 0.2) is 54.6 Å². The van der Waals surface area contributed by atoms with E-state index in [1.54, 1.807) is 17.9 Å². The van der Waals surface area contributed by atoms with E-state index in [4.69, 9.17) is 0 Å². The van der Waals surface area contributed by atoms with Gasteiger partial charge >= 0.3 is 6.03 Å². The number of amides is 3. The molecule has 2 aromatic carbocycles. The maximum atomic E-state index is 13.2. The Morgan fingerprint density at radius 1 is 1.03 bits per heavy atom. The molecule has 1 atom stereocenters. The maximum absolute atomic E-state index is 13.2. The summed E-state index contributed by atoms with van der Waals surface area (Å²) in [6, 6.07) is 15.5. The van der Waals surface area contributed by atoms with Gasteiger partial charge in [-0.2, -0.15) is 0 Å². The molecule has 1 unspecified atom stereocenters. The number of urea groups is 1. The van der Waals surface area contributed by atoms with Gasteiger partial charge in [0, 0.05) is 38.4 Å². The zero-order valence-electron chi connectivity index (χ0n) is 16.6. The molecule has 2 aromatic rings. The Bertz CT molecular complexity index is 823. The van der Waals surface area contributed by atoms with Gasteiger partial charge in [0.15, 0.2) is 0 Å². The summed E-state index contributed by atoms with van der Waals surface area (Å²) in [6.45, 7) is 4.77. The van der Waals surface area contributed by atoms with Crippen LogP contribution in [0.2, 0.25) is 0 Å². The molecule has 0 bridgehead atoms. The normalized spacial score (nSPS) is 15.0. The predicted octanol–water partition coefficient (Wildman–Crippen LogP) is 2.40. The van der Waals surface area contributed by atoms with Crippen LogP contribution in [-0.2, 0) is 11.2 Å². The lowest BCUT2D eigenvalue weighted by atomic mass is 10.1. The lowest BCUT2D eigenvalue weighted by Gasteiger charge is -2.36. The minimum absolute atomic E-state index is 0.231. The number of anilines is 1. The number of para-hydroxylation sites is 1. The van der Waals surface area contributed by atoms with E-state index in [1.807, 2.05) is 24.3 Å². The topological polar surface area (TPSA) is 64.7 Å². The molecule has 0 saturated carbocycles. The third-order valence-electron chi connectivity index (χ3n) is 5.02. The Balaban J connectivity index is 1.39. The second-order valence-electron chi connectivity index (χ2n) is 7.15. The van der Waals surface area contributed by atoms with Crippen LogP contribution in [0, 0.1) is 5.82 Å². The van der Waals surface area contributed by atoms with E-state index in [0.29, 0.717) is 26.1 Å². The molecule has 3 rings (SSSR count). The van der Waals surface area contributed by atoms with E-state index >= 15 is 0 Å². The zero-order chi connectivity index (χ0) is 20.6. The number of nitrogens with one attached hydrogen (secondary N) is 2. The highest BCUT2D eigenvalue weighted by Gasteiger charge is 2.24. The van der Waals surface area contributed by atoms with Crippen molar-refractivity contribution >= 4 is 17.6 Å². The molecule has 0 radical (unpaired) electrons. The number of halogens is 1. The number of hydrogen-bond acceptors (Lipinski definition) is 3. The number of nitrogens with zero attached hydrogens (tertiary/aromatic N) is 2. The van der Waals surface area contributed by atoms with Gasteiger partial charge in [0.25, 0.3) is 0 Å². The van der Waals surface area contributed by atoms with Crippen molar-refractivity contribution in [2.24, 2.45) is 0 Å². The van der Waals surface area contributed by atoms with E-state index in [-0.39, 0.29) is 17.8 Å². The highest BCUT2D eigenvalue weighted by molar-refractivity contribution is 5.86. The number of benzene rings is 2. The maximum Gasteiger partial charge on any atom is 0.318 e. The molecule has 1 fully saturated rings. The van der Waals surface area contributed by atoms with Gasteiger partial charge in [0.2, 0.25) is 5.91 Å². The molecule has 1 aliphatic heterocycles. The Morgan fingerprint density at radius 2 is 1.76 bits per heavy atom. The van der Waals surface area contributed by atoms with Crippen molar-refractivity contribution in [3.05, 3.63) is 66.0 Å². The fourth-order valence-electron chi connectivity index (χ4n) is 3.32. The average Bonchev–Trinajstić information content (AvgIpc) is 2.74. The summed E-state index contributed by atoms with van der Waals surface area (Å²) in [6.07, 6.45) is 0.533. The average molecular weight is 398 g/mol. The van der Waals surface area contributed by atoms with Crippen LogP contribution in [0.4, 0.5) is 14.9 Å². The first kappa shape index (κ1) is 20.6. The molecule has 0 spiro atoms. The lowest BCUT2D eigenvalue weighted by molar-refractivity contribution is -0.122. The summed E-state index contributed by atoms with van der Waals surface area (Å²) in [5.74, 6) is -0.542. The molecule has 3 amide bonds. The summed E-state index contributed by atoms with van der Waals surface area (Å²) >= 11 is 0.